The predicted molar refractivity (Wildman–Crippen MR) is 98.7 cm³/mol. The molecule has 0 N–H and O–H groups in total. The van der Waals surface area contributed by atoms with Crippen molar-refractivity contribution in [3.8, 4) is 0 Å². The molecular formula is C19H26N6O. The predicted octanol–water partition coefficient (Wildman–Crippen LogP) is 2.38. The van der Waals surface area contributed by atoms with Crippen molar-refractivity contribution in [1.82, 2.24) is 29.3 Å². The maximum atomic E-state index is 5.39. The minimum atomic E-state index is 0.741. The lowest BCUT2D eigenvalue weighted by Gasteiger charge is -2.33. The smallest absolute Gasteiger partial charge is 0.240 e. The molecule has 0 bridgehead atoms. The fraction of sp³-hybridized carbons (Fsp3) is 0.526. The van der Waals surface area contributed by atoms with Crippen LogP contribution < -0.4 is 0 Å². The first-order chi connectivity index (χ1) is 12.8. The third-order valence-electron chi connectivity index (χ3n) is 4.89. The summed E-state index contributed by atoms with van der Waals surface area (Å²) in [7, 11) is 0. The fourth-order valence-electron chi connectivity index (χ4n) is 3.38. The van der Waals surface area contributed by atoms with Crippen LogP contribution in [0.3, 0.4) is 0 Å². The second-order valence-corrected chi connectivity index (χ2v) is 6.96. The van der Waals surface area contributed by atoms with E-state index in [0.717, 1.165) is 81.6 Å². The Hall–Kier alpha value is -2.25. The van der Waals surface area contributed by atoms with Crippen molar-refractivity contribution in [3.63, 3.8) is 0 Å². The Bertz CT molecular complexity index is 800. The van der Waals surface area contributed by atoms with Gasteiger partial charge in [0, 0.05) is 51.5 Å². The number of aryl methyl sites for hydroxylation is 1. The quantitative estimate of drug-likeness (QED) is 0.649. The van der Waals surface area contributed by atoms with E-state index in [1.165, 1.54) is 0 Å². The number of aromatic nitrogens is 4. The number of hydrogen-bond acceptors (Lipinski definition) is 6. The van der Waals surface area contributed by atoms with E-state index in [9.17, 15) is 0 Å². The number of hydrogen-bond donors (Lipinski definition) is 0. The molecule has 0 atom stereocenters. The van der Waals surface area contributed by atoms with Gasteiger partial charge in [-0.3, -0.25) is 9.80 Å². The number of pyridine rings is 1. The first-order valence-electron chi connectivity index (χ1n) is 9.49. The molecule has 0 spiro atoms. The van der Waals surface area contributed by atoms with Crippen molar-refractivity contribution in [2.24, 2.45) is 0 Å². The van der Waals surface area contributed by atoms with Crippen molar-refractivity contribution in [2.45, 2.75) is 39.3 Å². The Morgan fingerprint density at radius 2 is 1.85 bits per heavy atom. The molecule has 4 rings (SSSR count). The van der Waals surface area contributed by atoms with Crippen LogP contribution in [0.4, 0.5) is 0 Å². The van der Waals surface area contributed by atoms with Gasteiger partial charge in [0.2, 0.25) is 5.89 Å². The SMILES string of the molecule is CCCCc1noc(CN2CCN(Cc3cn4ccccc4n3)CC2)n1. The van der Waals surface area contributed by atoms with Crippen LogP contribution in [-0.4, -0.2) is 55.5 Å². The van der Waals surface area contributed by atoms with E-state index in [1.54, 1.807) is 0 Å². The van der Waals surface area contributed by atoms with E-state index in [1.807, 2.05) is 24.4 Å². The standard InChI is InChI=1S/C19H26N6O/c1-2-3-6-17-21-19(26-22-17)15-24-11-9-23(10-12-24)13-16-14-25-8-5-4-7-18(25)20-16/h4-5,7-8,14H,2-3,6,9-13,15H2,1H3. The van der Waals surface area contributed by atoms with Gasteiger partial charge in [-0.15, -0.1) is 0 Å². The van der Waals surface area contributed by atoms with Crippen molar-refractivity contribution in [2.75, 3.05) is 26.2 Å². The van der Waals surface area contributed by atoms with Crippen molar-refractivity contribution >= 4 is 5.65 Å². The summed E-state index contributed by atoms with van der Waals surface area (Å²) in [6, 6.07) is 6.10. The zero-order valence-corrected chi connectivity index (χ0v) is 15.3. The number of fused-ring (bicyclic) bond motifs is 1. The number of unbranched alkanes of at least 4 members (excludes halogenated alkanes) is 1. The van der Waals surface area contributed by atoms with Crippen LogP contribution >= 0.6 is 0 Å². The van der Waals surface area contributed by atoms with Crippen LogP contribution in [0.2, 0.25) is 0 Å². The van der Waals surface area contributed by atoms with Gasteiger partial charge >= 0.3 is 0 Å². The Morgan fingerprint density at radius 3 is 2.62 bits per heavy atom. The lowest BCUT2D eigenvalue weighted by atomic mass is 10.2. The van der Waals surface area contributed by atoms with Gasteiger partial charge in [0.1, 0.15) is 5.65 Å². The fourth-order valence-corrected chi connectivity index (χ4v) is 3.38. The molecule has 0 aliphatic carbocycles. The third kappa shape index (κ3) is 4.11. The Morgan fingerprint density at radius 1 is 1.04 bits per heavy atom. The average molecular weight is 354 g/mol. The molecule has 7 heteroatoms. The van der Waals surface area contributed by atoms with Gasteiger partial charge in [-0.2, -0.15) is 4.98 Å². The van der Waals surface area contributed by atoms with E-state index < -0.39 is 0 Å². The zero-order chi connectivity index (χ0) is 17.8. The van der Waals surface area contributed by atoms with E-state index in [0.29, 0.717) is 0 Å². The van der Waals surface area contributed by atoms with Crippen LogP contribution in [0.25, 0.3) is 5.65 Å². The molecule has 4 heterocycles. The molecule has 1 fully saturated rings. The topological polar surface area (TPSA) is 62.7 Å². The minimum absolute atomic E-state index is 0.741. The van der Waals surface area contributed by atoms with Crippen molar-refractivity contribution < 1.29 is 4.52 Å². The Labute approximate surface area is 153 Å². The van der Waals surface area contributed by atoms with Crippen LogP contribution in [0.1, 0.15) is 37.2 Å². The van der Waals surface area contributed by atoms with Crippen LogP contribution in [0.15, 0.2) is 35.1 Å². The molecule has 3 aromatic rings. The highest BCUT2D eigenvalue weighted by Crippen LogP contribution is 2.12. The highest BCUT2D eigenvalue weighted by atomic mass is 16.5. The molecule has 0 amide bonds. The van der Waals surface area contributed by atoms with Gasteiger partial charge in [-0.25, -0.2) is 4.98 Å². The normalized spacial score (nSPS) is 16.5. The highest BCUT2D eigenvalue weighted by molar-refractivity contribution is 5.39. The molecule has 3 aromatic heterocycles. The number of piperazine rings is 1. The van der Waals surface area contributed by atoms with E-state index in [4.69, 9.17) is 9.51 Å². The first kappa shape index (κ1) is 17.2. The summed E-state index contributed by atoms with van der Waals surface area (Å²) in [6.45, 7) is 7.92. The number of nitrogens with zero attached hydrogens (tertiary/aromatic N) is 6. The molecular weight excluding hydrogens is 328 g/mol. The molecule has 7 nitrogen and oxygen atoms in total. The summed E-state index contributed by atoms with van der Waals surface area (Å²) in [5.41, 5.74) is 2.14. The second-order valence-electron chi connectivity index (χ2n) is 6.96. The monoisotopic (exact) mass is 354 g/mol. The second kappa shape index (κ2) is 7.97. The van der Waals surface area contributed by atoms with Crippen molar-refractivity contribution in [3.05, 3.63) is 48.0 Å². The highest BCUT2D eigenvalue weighted by Gasteiger charge is 2.20. The maximum Gasteiger partial charge on any atom is 0.240 e. The van der Waals surface area contributed by atoms with Gasteiger partial charge < -0.3 is 8.92 Å². The van der Waals surface area contributed by atoms with Crippen molar-refractivity contribution in [1.29, 1.82) is 0 Å². The molecule has 0 unspecified atom stereocenters. The van der Waals surface area contributed by atoms with E-state index in [2.05, 4.69) is 37.5 Å². The minimum Gasteiger partial charge on any atom is -0.338 e. The molecule has 138 valence electrons. The molecule has 0 saturated carbocycles. The van der Waals surface area contributed by atoms with E-state index in [-0.39, 0.29) is 0 Å². The van der Waals surface area contributed by atoms with E-state index >= 15 is 0 Å². The summed E-state index contributed by atoms with van der Waals surface area (Å²) in [6.07, 6.45) is 7.34. The lowest BCUT2D eigenvalue weighted by Crippen LogP contribution is -2.45. The maximum absolute atomic E-state index is 5.39. The summed E-state index contributed by atoms with van der Waals surface area (Å²) in [5.74, 6) is 1.58. The van der Waals surface area contributed by atoms with Gasteiger partial charge in [0.15, 0.2) is 5.82 Å². The summed E-state index contributed by atoms with van der Waals surface area (Å²) in [5, 5.41) is 4.08. The van der Waals surface area contributed by atoms with Crippen LogP contribution in [-0.2, 0) is 19.5 Å². The lowest BCUT2D eigenvalue weighted by molar-refractivity contribution is 0.111. The first-order valence-corrected chi connectivity index (χ1v) is 9.49. The largest absolute Gasteiger partial charge is 0.338 e. The Kier molecular flexibility index (Phi) is 5.26. The van der Waals surface area contributed by atoms with Crippen LogP contribution in [0.5, 0.6) is 0 Å². The molecule has 1 aliphatic rings. The summed E-state index contributed by atoms with van der Waals surface area (Å²) in [4.78, 5) is 14.0. The van der Waals surface area contributed by atoms with Crippen LogP contribution in [0, 0.1) is 0 Å². The van der Waals surface area contributed by atoms with Gasteiger partial charge in [-0.05, 0) is 18.6 Å². The third-order valence-corrected chi connectivity index (χ3v) is 4.89. The molecule has 26 heavy (non-hydrogen) atoms. The molecule has 0 radical (unpaired) electrons. The summed E-state index contributed by atoms with van der Waals surface area (Å²) >= 11 is 0. The number of rotatable bonds is 7. The zero-order valence-electron chi connectivity index (χ0n) is 15.3. The Balaban J connectivity index is 1.26. The average Bonchev–Trinajstić information content (AvgIpc) is 3.27. The molecule has 1 saturated heterocycles. The van der Waals surface area contributed by atoms with Gasteiger partial charge in [0.25, 0.3) is 0 Å². The molecule has 0 aromatic carbocycles. The van der Waals surface area contributed by atoms with Gasteiger partial charge in [-0.1, -0.05) is 24.6 Å². The van der Waals surface area contributed by atoms with Gasteiger partial charge in [0.05, 0.1) is 12.2 Å². The summed E-state index contributed by atoms with van der Waals surface area (Å²) < 4.78 is 7.47. The molecule has 1 aliphatic heterocycles. The number of imidazole rings is 1.